The molecule has 35 heavy (non-hydrogen) atoms. The molecule has 5 aliphatic carbocycles. The van der Waals surface area contributed by atoms with E-state index in [1.807, 2.05) is 0 Å². The molecule has 0 amide bonds. The minimum absolute atomic E-state index is 0.00444. The molecule has 4 fully saturated rings. The minimum Gasteiger partial charge on any atom is -0.481 e. The van der Waals surface area contributed by atoms with Crippen LogP contribution in [0, 0.1) is 49.7 Å². The second-order valence-corrected chi connectivity index (χ2v) is 15.6. The lowest BCUT2D eigenvalue weighted by Gasteiger charge is -2.75. The summed E-state index contributed by atoms with van der Waals surface area (Å²) in [5.41, 5.74) is -0.239. The van der Waals surface area contributed by atoms with Crippen LogP contribution in [0.1, 0.15) is 113 Å². The normalized spacial score (nSPS) is 54.4. The summed E-state index contributed by atoms with van der Waals surface area (Å²) in [6, 6.07) is 0. The Morgan fingerprint density at radius 2 is 1.46 bits per heavy atom. The summed E-state index contributed by atoms with van der Waals surface area (Å²) in [7, 11) is 0. The van der Waals surface area contributed by atoms with Crippen LogP contribution < -0.4 is 0 Å². The van der Waals surface area contributed by atoms with E-state index in [9.17, 15) is 15.0 Å². The van der Waals surface area contributed by atoms with E-state index in [1.54, 1.807) is 0 Å². The Morgan fingerprint density at radius 3 is 2.09 bits per heavy atom. The zero-order chi connectivity index (χ0) is 26.0. The standard InChI is InChI=1S/C31H49FO3/c1-25(2)11-15-31(24(34)35)16-13-27(5)19(20(31)17-25)9-10-22-28(27,6)12-14-30(8)26(3,4)23(33)21(32)18-29(22,30)7/h17,19,21-23,33H,9-16,18H2,1-8H3,(H,34,35)/t19-,21?,22+,23+,27-,28-,29-,30?,31+/m1/s1. The molecule has 2 N–H and O–H groups in total. The summed E-state index contributed by atoms with van der Waals surface area (Å²) in [6.45, 7) is 18.3. The first-order chi connectivity index (χ1) is 15.9. The van der Waals surface area contributed by atoms with Crippen molar-refractivity contribution in [1.82, 2.24) is 0 Å². The number of aliphatic hydroxyl groups excluding tert-OH is 1. The Balaban J connectivity index is 1.62. The van der Waals surface area contributed by atoms with Crippen molar-refractivity contribution >= 4 is 5.97 Å². The number of hydrogen-bond acceptors (Lipinski definition) is 2. The van der Waals surface area contributed by atoms with Gasteiger partial charge in [-0.15, -0.1) is 0 Å². The average Bonchev–Trinajstić information content (AvgIpc) is 2.75. The highest BCUT2D eigenvalue weighted by molar-refractivity contribution is 5.80. The maximum absolute atomic E-state index is 15.5. The topological polar surface area (TPSA) is 57.5 Å². The third kappa shape index (κ3) is 2.84. The van der Waals surface area contributed by atoms with Gasteiger partial charge in [0.2, 0.25) is 0 Å². The van der Waals surface area contributed by atoms with Crippen LogP contribution in [-0.4, -0.2) is 28.5 Å². The van der Waals surface area contributed by atoms with Gasteiger partial charge in [-0.1, -0.05) is 67.0 Å². The molecule has 4 saturated carbocycles. The van der Waals surface area contributed by atoms with Crippen molar-refractivity contribution < 1.29 is 19.4 Å². The Bertz CT molecular complexity index is 968. The number of fused-ring (bicyclic) bond motifs is 7. The largest absolute Gasteiger partial charge is 0.481 e. The van der Waals surface area contributed by atoms with Gasteiger partial charge >= 0.3 is 5.97 Å². The third-order valence-electron chi connectivity index (χ3n) is 14.0. The van der Waals surface area contributed by atoms with Crippen LogP contribution in [0.25, 0.3) is 0 Å². The SMILES string of the molecule is CC1(C)C=C2[C@H]3CC[C@@H]4[C@@]5(C)CC(F)[C@H](O)C(C)(C)C5(C)CC[C@@]4(C)[C@]3(C)CC[C@@]2(C(=O)O)CC1. The number of alkyl halides is 1. The quantitative estimate of drug-likeness (QED) is 0.374. The van der Waals surface area contributed by atoms with Crippen LogP contribution in [0.15, 0.2) is 11.6 Å². The van der Waals surface area contributed by atoms with Gasteiger partial charge in [0.25, 0.3) is 0 Å². The molecule has 9 atom stereocenters. The van der Waals surface area contributed by atoms with Gasteiger partial charge in [0, 0.05) is 0 Å². The van der Waals surface area contributed by atoms with Gasteiger partial charge in [0.15, 0.2) is 0 Å². The number of carboxylic acid groups (broad SMARTS) is 1. The zero-order valence-electron chi connectivity index (χ0n) is 23.4. The lowest BCUT2D eigenvalue weighted by Crippen LogP contribution is -2.71. The summed E-state index contributed by atoms with van der Waals surface area (Å²) in [4.78, 5) is 12.8. The van der Waals surface area contributed by atoms with E-state index in [1.165, 1.54) is 5.57 Å². The molecule has 0 aliphatic heterocycles. The molecular formula is C31H49FO3. The molecule has 5 aliphatic rings. The van der Waals surface area contributed by atoms with Crippen molar-refractivity contribution in [2.75, 3.05) is 0 Å². The number of rotatable bonds is 1. The summed E-state index contributed by atoms with van der Waals surface area (Å²) in [5, 5.41) is 21.4. The first-order valence-corrected chi connectivity index (χ1v) is 14.2. The zero-order valence-corrected chi connectivity index (χ0v) is 23.4. The second-order valence-electron chi connectivity index (χ2n) is 15.6. The van der Waals surface area contributed by atoms with E-state index < -0.39 is 29.1 Å². The molecule has 0 bridgehead atoms. The predicted molar refractivity (Wildman–Crippen MR) is 138 cm³/mol. The fourth-order valence-corrected chi connectivity index (χ4v) is 10.9. The lowest BCUT2D eigenvalue weighted by molar-refractivity contribution is -0.281. The van der Waals surface area contributed by atoms with E-state index in [4.69, 9.17) is 0 Å². The molecule has 2 unspecified atom stereocenters. The van der Waals surface area contributed by atoms with E-state index >= 15 is 4.39 Å². The van der Waals surface area contributed by atoms with Crippen LogP contribution in [0.3, 0.4) is 0 Å². The summed E-state index contributed by atoms with van der Waals surface area (Å²) in [6.07, 6.45) is 8.11. The smallest absolute Gasteiger partial charge is 0.313 e. The van der Waals surface area contributed by atoms with Gasteiger partial charge < -0.3 is 10.2 Å². The molecule has 4 heteroatoms. The fourth-order valence-electron chi connectivity index (χ4n) is 10.9. The first-order valence-electron chi connectivity index (χ1n) is 14.2. The molecular weight excluding hydrogens is 439 g/mol. The van der Waals surface area contributed by atoms with Crippen LogP contribution in [0.4, 0.5) is 4.39 Å². The number of carboxylic acids is 1. The molecule has 0 saturated heterocycles. The van der Waals surface area contributed by atoms with E-state index in [2.05, 4.69) is 61.5 Å². The monoisotopic (exact) mass is 488 g/mol. The van der Waals surface area contributed by atoms with Crippen LogP contribution >= 0.6 is 0 Å². The maximum Gasteiger partial charge on any atom is 0.313 e. The van der Waals surface area contributed by atoms with Crippen molar-refractivity contribution in [3.05, 3.63) is 11.6 Å². The van der Waals surface area contributed by atoms with E-state index in [-0.39, 0.29) is 33.0 Å². The molecule has 5 rings (SSSR count). The Hall–Kier alpha value is -0.900. The number of aliphatic carboxylic acids is 1. The molecule has 198 valence electrons. The van der Waals surface area contributed by atoms with Crippen LogP contribution in [0.5, 0.6) is 0 Å². The predicted octanol–water partition coefficient (Wildman–Crippen LogP) is 7.57. The van der Waals surface area contributed by atoms with Gasteiger partial charge in [-0.25, -0.2) is 4.39 Å². The van der Waals surface area contributed by atoms with Gasteiger partial charge in [-0.3, -0.25) is 4.79 Å². The highest BCUT2D eigenvalue weighted by Crippen LogP contribution is 2.79. The highest BCUT2D eigenvalue weighted by Gasteiger charge is 2.74. The fraction of sp³-hybridized carbons (Fsp3) is 0.903. The molecule has 0 aromatic heterocycles. The molecule has 0 heterocycles. The van der Waals surface area contributed by atoms with Crippen molar-refractivity contribution in [3.8, 4) is 0 Å². The highest BCUT2D eigenvalue weighted by atomic mass is 19.1. The van der Waals surface area contributed by atoms with Crippen molar-refractivity contribution in [1.29, 1.82) is 0 Å². The molecule has 0 spiro atoms. The third-order valence-corrected chi connectivity index (χ3v) is 14.0. The van der Waals surface area contributed by atoms with Gasteiger partial charge in [-0.05, 0) is 102 Å². The summed E-state index contributed by atoms with van der Waals surface area (Å²) >= 11 is 0. The maximum atomic E-state index is 15.5. The Labute approximate surface area is 212 Å². The van der Waals surface area contributed by atoms with Gasteiger partial charge in [0.1, 0.15) is 6.17 Å². The Kier molecular flexibility index (Phi) is 5.25. The average molecular weight is 489 g/mol. The molecule has 0 aromatic carbocycles. The van der Waals surface area contributed by atoms with Crippen molar-refractivity contribution in [2.24, 2.45) is 49.7 Å². The first kappa shape index (κ1) is 25.7. The number of halogens is 1. The second kappa shape index (κ2) is 7.14. The van der Waals surface area contributed by atoms with Crippen molar-refractivity contribution in [2.45, 2.75) is 125 Å². The van der Waals surface area contributed by atoms with Gasteiger partial charge in [-0.2, -0.15) is 0 Å². The van der Waals surface area contributed by atoms with Crippen LogP contribution in [-0.2, 0) is 4.79 Å². The van der Waals surface area contributed by atoms with Gasteiger partial charge in [0.05, 0.1) is 11.5 Å². The number of carbonyl (C=O) groups is 1. The summed E-state index contributed by atoms with van der Waals surface area (Å²) in [5.74, 6) is 0.0269. The summed E-state index contributed by atoms with van der Waals surface area (Å²) < 4.78 is 15.5. The van der Waals surface area contributed by atoms with E-state index in [0.717, 1.165) is 51.4 Å². The number of hydrogen-bond donors (Lipinski definition) is 2. The minimum atomic E-state index is -1.19. The van der Waals surface area contributed by atoms with E-state index in [0.29, 0.717) is 12.3 Å². The van der Waals surface area contributed by atoms with Crippen LogP contribution in [0.2, 0.25) is 0 Å². The number of allylic oxidation sites excluding steroid dienone is 1. The molecule has 0 aromatic rings. The molecule has 0 radical (unpaired) electrons. The number of aliphatic hydroxyl groups is 1. The lowest BCUT2D eigenvalue weighted by atomic mass is 9.29. The van der Waals surface area contributed by atoms with Crippen molar-refractivity contribution in [3.63, 3.8) is 0 Å². The Morgan fingerprint density at radius 1 is 0.857 bits per heavy atom. The molecule has 3 nitrogen and oxygen atoms in total.